The molecule has 5 rings (SSSR count). The van der Waals surface area contributed by atoms with Crippen LogP contribution >= 0.6 is 0 Å². The first-order chi connectivity index (χ1) is 17.0. The molecule has 7 nitrogen and oxygen atoms in total. The molecule has 1 saturated heterocycles. The molecule has 2 aromatic carbocycles. The quantitative estimate of drug-likeness (QED) is 0.509. The number of rotatable bonds is 8. The molecule has 3 aromatic rings. The van der Waals surface area contributed by atoms with Gasteiger partial charge in [-0.25, -0.2) is 13.1 Å². The SMILES string of the molecule is COc1ccc(N2CCN(C(CNS(=O)(=O)c3ccc4c(c3)CCCC4)c3ccco3)CC2)cc1. The van der Waals surface area contributed by atoms with Crippen LogP contribution in [-0.2, 0) is 22.9 Å². The van der Waals surface area contributed by atoms with E-state index < -0.39 is 10.0 Å². The zero-order valence-corrected chi connectivity index (χ0v) is 21.0. The largest absolute Gasteiger partial charge is 0.497 e. The van der Waals surface area contributed by atoms with Gasteiger partial charge in [0.25, 0.3) is 0 Å². The molecular formula is C27H33N3O4S. The molecule has 1 fully saturated rings. The maximum Gasteiger partial charge on any atom is 0.240 e. The van der Waals surface area contributed by atoms with Crippen LogP contribution in [0.4, 0.5) is 5.69 Å². The second kappa shape index (κ2) is 10.4. The average molecular weight is 496 g/mol. The maximum absolute atomic E-state index is 13.2. The summed E-state index contributed by atoms with van der Waals surface area (Å²) in [5.41, 5.74) is 3.60. The second-order valence-electron chi connectivity index (χ2n) is 9.24. The Bertz CT molecular complexity index is 1220. The Morgan fingerprint density at radius 2 is 1.71 bits per heavy atom. The van der Waals surface area contributed by atoms with Gasteiger partial charge in [-0.15, -0.1) is 0 Å². The molecule has 1 atom stereocenters. The third kappa shape index (κ3) is 5.39. The van der Waals surface area contributed by atoms with E-state index in [2.05, 4.69) is 26.7 Å². The lowest BCUT2D eigenvalue weighted by atomic mass is 9.92. The molecule has 1 N–H and O–H groups in total. The molecule has 1 aliphatic carbocycles. The minimum Gasteiger partial charge on any atom is -0.497 e. The number of fused-ring (bicyclic) bond motifs is 1. The summed E-state index contributed by atoms with van der Waals surface area (Å²) in [5.74, 6) is 1.62. The second-order valence-corrected chi connectivity index (χ2v) is 11.0. The molecule has 1 aliphatic heterocycles. The zero-order chi connectivity index (χ0) is 24.3. The minimum absolute atomic E-state index is 0.171. The highest BCUT2D eigenvalue weighted by Crippen LogP contribution is 2.27. The van der Waals surface area contributed by atoms with Crippen LogP contribution in [0.15, 0.2) is 70.2 Å². The number of anilines is 1. The summed E-state index contributed by atoms with van der Waals surface area (Å²) in [6.45, 7) is 3.56. The number of sulfonamides is 1. The highest BCUT2D eigenvalue weighted by molar-refractivity contribution is 7.89. The highest BCUT2D eigenvalue weighted by Gasteiger charge is 2.29. The molecule has 186 valence electrons. The van der Waals surface area contributed by atoms with Gasteiger partial charge in [-0.1, -0.05) is 6.07 Å². The number of nitrogens with one attached hydrogen (secondary N) is 1. The highest BCUT2D eigenvalue weighted by atomic mass is 32.2. The lowest BCUT2D eigenvalue weighted by molar-refractivity contribution is 0.166. The topological polar surface area (TPSA) is 75.0 Å². The summed E-state index contributed by atoms with van der Waals surface area (Å²) < 4.78 is 40.2. The summed E-state index contributed by atoms with van der Waals surface area (Å²) in [6.07, 6.45) is 5.92. The number of nitrogens with zero attached hydrogens (tertiary/aromatic N) is 2. The van der Waals surface area contributed by atoms with Gasteiger partial charge in [0.1, 0.15) is 11.5 Å². The van der Waals surface area contributed by atoms with Crippen LogP contribution in [0.1, 0.15) is 35.8 Å². The van der Waals surface area contributed by atoms with Crippen molar-refractivity contribution >= 4 is 15.7 Å². The fourth-order valence-electron chi connectivity index (χ4n) is 5.12. The first kappa shape index (κ1) is 23.9. The lowest BCUT2D eigenvalue weighted by Gasteiger charge is -2.39. The molecule has 8 heteroatoms. The first-order valence-corrected chi connectivity index (χ1v) is 13.8. The number of piperazine rings is 1. The molecule has 0 saturated carbocycles. The van der Waals surface area contributed by atoms with Crippen LogP contribution in [0.5, 0.6) is 5.75 Å². The molecule has 0 amide bonds. The molecule has 2 aliphatic rings. The van der Waals surface area contributed by atoms with Crippen LogP contribution in [0.3, 0.4) is 0 Å². The van der Waals surface area contributed by atoms with E-state index in [9.17, 15) is 8.42 Å². The van der Waals surface area contributed by atoms with Crippen molar-refractivity contribution in [1.29, 1.82) is 0 Å². The van der Waals surface area contributed by atoms with Crippen molar-refractivity contribution in [3.05, 3.63) is 77.7 Å². The number of hydrogen-bond donors (Lipinski definition) is 1. The van der Waals surface area contributed by atoms with Gasteiger partial charge in [-0.05, 0) is 85.3 Å². The molecular weight excluding hydrogens is 462 g/mol. The van der Waals surface area contributed by atoms with Crippen molar-refractivity contribution in [2.75, 3.05) is 44.7 Å². The zero-order valence-electron chi connectivity index (χ0n) is 20.2. The molecule has 1 unspecified atom stereocenters. The van der Waals surface area contributed by atoms with E-state index in [4.69, 9.17) is 9.15 Å². The van der Waals surface area contributed by atoms with Gasteiger partial charge < -0.3 is 14.1 Å². The van der Waals surface area contributed by atoms with Crippen LogP contribution in [0.2, 0.25) is 0 Å². The summed E-state index contributed by atoms with van der Waals surface area (Å²) in [4.78, 5) is 4.99. The molecule has 0 radical (unpaired) electrons. The van der Waals surface area contributed by atoms with Crippen LogP contribution in [0.25, 0.3) is 0 Å². The van der Waals surface area contributed by atoms with Crippen LogP contribution in [0, 0.1) is 0 Å². The van der Waals surface area contributed by atoms with E-state index >= 15 is 0 Å². The van der Waals surface area contributed by atoms with Gasteiger partial charge in [-0.2, -0.15) is 0 Å². The molecule has 35 heavy (non-hydrogen) atoms. The standard InChI is InChI=1S/C27H33N3O4S/c1-33-24-11-9-23(10-12-24)29-14-16-30(17-15-29)26(27-7-4-18-34-27)20-28-35(31,32)25-13-8-21-5-2-3-6-22(21)19-25/h4,7-13,18-19,26,28H,2-3,5-6,14-17,20H2,1H3. The van der Waals surface area contributed by atoms with Gasteiger partial charge in [0.2, 0.25) is 10.0 Å². The van der Waals surface area contributed by atoms with E-state index in [1.165, 1.54) is 12.0 Å². The summed E-state index contributed by atoms with van der Waals surface area (Å²) in [5, 5.41) is 0. The Labute approximate surface area is 207 Å². The van der Waals surface area contributed by atoms with Crippen molar-refractivity contribution in [2.45, 2.75) is 36.6 Å². The fraction of sp³-hybridized carbons (Fsp3) is 0.407. The van der Waals surface area contributed by atoms with Crippen molar-refractivity contribution in [2.24, 2.45) is 0 Å². The Kier molecular flexibility index (Phi) is 7.13. The Hall–Kier alpha value is -2.81. The lowest BCUT2D eigenvalue weighted by Crippen LogP contribution is -2.49. The van der Waals surface area contributed by atoms with E-state index in [1.807, 2.05) is 36.4 Å². The van der Waals surface area contributed by atoms with Gasteiger partial charge in [-0.3, -0.25) is 4.90 Å². The van der Waals surface area contributed by atoms with Gasteiger partial charge in [0.05, 0.1) is 24.3 Å². The van der Waals surface area contributed by atoms with E-state index in [-0.39, 0.29) is 12.6 Å². The number of methoxy groups -OCH3 is 1. The van der Waals surface area contributed by atoms with Crippen molar-refractivity contribution < 1.29 is 17.6 Å². The molecule has 0 spiro atoms. The summed E-state index contributed by atoms with van der Waals surface area (Å²) in [6, 6.07) is 17.3. The minimum atomic E-state index is -3.62. The fourth-order valence-corrected chi connectivity index (χ4v) is 6.21. The van der Waals surface area contributed by atoms with Crippen LogP contribution < -0.4 is 14.4 Å². The van der Waals surface area contributed by atoms with Gasteiger partial charge >= 0.3 is 0 Å². The third-order valence-electron chi connectivity index (χ3n) is 7.16. The number of hydrogen-bond acceptors (Lipinski definition) is 6. The monoisotopic (exact) mass is 495 g/mol. The van der Waals surface area contributed by atoms with E-state index in [1.54, 1.807) is 19.4 Å². The van der Waals surface area contributed by atoms with Crippen molar-refractivity contribution in [1.82, 2.24) is 9.62 Å². The summed E-state index contributed by atoms with van der Waals surface area (Å²) in [7, 11) is -1.95. The average Bonchev–Trinajstić information content (AvgIpc) is 3.43. The third-order valence-corrected chi connectivity index (χ3v) is 8.58. The summed E-state index contributed by atoms with van der Waals surface area (Å²) >= 11 is 0. The first-order valence-electron chi connectivity index (χ1n) is 12.3. The van der Waals surface area contributed by atoms with E-state index in [0.29, 0.717) is 4.90 Å². The van der Waals surface area contributed by atoms with Crippen LogP contribution in [-0.4, -0.2) is 53.2 Å². The predicted molar refractivity (Wildman–Crippen MR) is 137 cm³/mol. The maximum atomic E-state index is 13.2. The van der Waals surface area contributed by atoms with Crippen molar-refractivity contribution in [3.63, 3.8) is 0 Å². The van der Waals surface area contributed by atoms with Crippen molar-refractivity contribution in [3.8, 4) is 5.75 Å². The Morgan fingerprint density at radius 1 is 0.971 bits per heavy atom. The molecule has 1 aromatic heterocycles. The Morgan fingerprint density at radius 3 is 2.40 bits per heavy atom. The number of ether oxygens (including phenoxy) is 1. The number of furan rings is 1. The van der Waals surface area contributed by atoms with Gasteiger partial charge in [0.15, 0.2) is 0 Å². The van der Waals surface area contributed by atoms with E-state index in [0.717, 1.165) is 68.2 Å². The molecule has 2 heterocycles. The Balaban J connectivity index is 1.26. The smallest absolute Gasteiger partial charge is 0.240 e. The van der Waals surface area contributed by atoms with Gasteiger partial charge in [0, 0.05) is 38.4 Å². The number of benzene rings is 2. The number of aryl methyl sites for hydroxylation is 2. The predicted octanol–water partition coefficient (Wildman–Crippen LogP) is 4.01. The molecule has 0 bridgehead atoms. The normalized spacial score (nSPS) is 17.7.